The Bertz CT molecular complexity index is 914. The zero-order valence-corrected chi connectivity index (χ0v) is 13.4. The molecule has 1 aromatic carbocycles. The van der Waals surface area contributed by atoms with E-state index >= 15 is 0 Å². The first-order valence-corrected chi connectivity index (χ1v) is 8.65. The lowest BCUT2D eigenvalue weighted by atomic mass is 10.1. The maximum absolute atomic E-state index is 12.3. The van der Waals surface area contributed by atoms with Crippen LogP contribution in [0.1, 0.15) is 5.56 Å². The Hall–Kier alpha value is -2.16. The third-order valence-electron chi connectivity index (χ3n) is 3.67. The summed E-state index contributed by atoms with van der Waals surface area (Å²) in [5.74, 6) is 0. The Balaban J connectivity index is 1.80. The Labute approximate surface area is 134 Å². The van der Waals surface area contributed by atoms with E-state index in [9.17, 15) is 13.5 Å². The summed E-state index contributed by atoms with van der Waals surface area (Å²) >= 11 is 0. The average molecular weight is 334 g/mol. The number of fused-ring (bicyclic) bond motifs is 1. The molecule has 7 nitrogen and oxygen atoms in total. The summed E-state index contributed by atoms with van der Waals surface area (Å²) in [6, 6.07) is 7.15. The smallest absolute Gasteiger partial charge is 0.244 e. The van der Waals surface area contributed by atoms with Crippen molar-refractivity contribution < 1.29 is 13.5 Å². The van der Waals surface area contributed by atoms with Crippen LogP contribution in [0.25, 0.3) is 10.9 Å². The minimum Gasteiger partial charge on any atom is -0.395 e. The molecular weight excluding hydrogens is 316 g/mol. The Morgan fingerprint density at radius 2 is 2.17 bits per heavy atom. The van der Waals surface area contributed by atoms with E-state index in [2.05, 4.69) is 14.8 Å². The number of rotatable bonds is 6. The molecule has 0 radical (unpaired) electrons. The van der Waals surface area contributed by atoms with E-state index < -0.39 is 16.1 Å². The molecule has 0 fully saturated rings. The zero-order chi connectivity index (χ0) is 16.4. The molecule has 3 rings (SSSR count). The minimum absolute atomic E-state index is 0.0809. The van der Waals surface area contributed by atoms with Crippen LogP contribution in [-0.2, 0) is 23.5 Å². The first kappa shape index (κ1) is 15.7. The van der Waals surface area contributed by atoms with E-state index in [0.717, 1.165) is 16.5 Å². The lowest BCUT2D eigenvalue weighted by Crippen LogP contribution is -2.38. The molecule has 3 aromatic rings. The van der Waals surface area contributed by atoms with E-state index in [1.807, 2.05) is 30.5 Å². The molecule has 0 aliphatic rings. The number of aryl methyl sites for hydroxylation is 1. The van der Waals surface area contributed by atoms with Gasteiger partial charge in [0.25, 0.3) is 0 Å². The number of hydrogen-bond acceptors (Lipinski definition) is 4. The molecule has 0 bridgehead atoms. The first-order chi connectivity index (χ1) is 11.0. The molecule has 0 saturated heterocycles. The molecule has 0 saturated carbocycles. The van der Waals surface area contributed by atoms with Crippen molar-refractivity contribution in [2.75, 3.05) is 6.61 Å². The molecule has 0 aliphatic heterocycles. The summed E-state index contributed by atoms with van der Waals surface area (Å²) in [5, 5.41) is 14.4. The van der Waals surface area contributed by atoms with Gasteiger partial charge in [-0.1, -0.05) is 18.2 Å². The summed E-state index contributed by atoms with van der Waals surface area (Å²) in [6.45, 7) is -0.293. The molecule has 3 N–H and O–H groups in total. The number of aliphatic hydroxyl groups is 1. The van der Waals surface area contributed by atoms with E-state index in [-0.39, 0.29) is 11.5 Å². The van der Waals surface area contributed by atoms with Gasteiger partial charge in [-0.2, -0.15) is 5.10 Å². The van der Waals surface area contributed by atoms with Crippen molar-refractivity contribution in [1.82, 2.24) is 19.5 Å². The third-order valence-corrected chi connectivity index (χ3v) is 5.15. The normalized spacial score (nSPS) is 13.5. The highest BCUT2D eigenvalue weighted by Crippen LogP contribution is 2.19. The largest absolute Gasteiger partial charge is 0.395 e. The monoisotopic (exact) mass is 334 g/mol. The number of hydrogen-bond donors (Lipinski definition) is 3. The van der Waals surface area contributed by atoms with Crippen molar-refractivity contribution in [3.63, 3.8) is 0 Å². The first-order valence-electron chi connectivity index (χ1n) is 7.16. The molecular formula is C15H18N4O3S. The fourth-order valence-electron chi connectivity index (χ4n) is 2.53. The lowest BCUT2D eigenvalue weighted by Gasteiger charge is -2.15. The maximum atomic E-state index is 12.3. The van der Waals surface area contributed by atoms with Crippen LogP contribution >= 0.6 is 0 Å². The summed E-state index contributed by atoms with van der Waals surface area (Å²) in [4.78, 5) is 3.22. The van der Waals surface area contributed by atoms with E-state index in [0.29, 0.717) is 6.42 Å². The van der Waals surface area contributed by atoms with Gasteiger partial charge in [0.1, 0.15) is 4.90 Å². The summed E-state index contributed by atoms with van der Waals surface area (Å²) in [7, 11) is -2.06. The van der Waals surface area contributed by atoms with Crippen molar-refractivity contribution in [3.05, 3.63) is 48.4 Å². The van der Waals surface area contributed by atoms with Crippen LogP contribution in [0.3, 0.4) is 0 Å². The quantitative estimate of drug-likeness (QED) is 0.620. The average Bonchev–Trinajstić information content (AvgIpc) is 3.14. The van der Waals surface area contributed by atoms with Gasteiger partial charge in [-0.25, -0.2) is 13.1 Å². The van der Waals surface area contributed by atoms with Gasteiger partial charge in [0, 0.05) is 36.4 Å². The van der Waals surface area contributed by atoms with Gasteiger partial charge < -0.3 is 10.1 Å². The Kier molecular flexibility index (Phi) is 4.20. The van der Waals surface area contributed by atoms with Gasteiger partial charge in [0.05, 0.1) is 12.8 Å². The maximum Gasteiger partial charge on any atom is 0.244 e. The van der Waals surface area contributed by atoms with Gasteiger partial charge in [-0.05, 0) is 18.1 Å². The van der Waals surface area contributed by atoms with Crippen LogP contribution in [-0.4, -0.2) is 40.9 Å². The predicted octanol–water partition coefficient (Wildman–Crippen LogP) is 0.783. The van der Waals surface area contributed by atoms with Crippen molar-refractivity contribution >= 4 is 20.9 Å². The van der Waals surface area contributed by atoms with Crippen molar-refractivity contribution in [1.29, 1.82) is 0 Å². The van der Waals surface area contributed by atoms with Gasteiger partial charge in [0.2, 0.25) is 10.0 Å². The van der Waals surface area contributed by atoms with Gasteiger partial charge in [-0.3, -0.25) is 4.68 Å². The van der Waals surface area contributed by atoms with Crippen molar-refractivity contribution in [2.45, 2.75) is 17.4 Å². The standard InChI is InChI=1S/C15H18N4O3S/c1-19-9-13(8-17-19)23(21,22)18-12(10-20)6-11-7-16-15-5-3-2-4-14(11)15/h2-5,7-9,12,16,18,20H,6,10H2,1H3/t12-/m1/s1. The summed E-state index contributed by atoms with van der Waals surface area (Å²) in [5.41, 5.74) is 1.93. The second kappa shape index (κ2) is 6.15. The fraction of sp³-hybridized carbons (Fsp3) is 0.267. The van der Waals surface area contributed by atoms with Crippen LogP contribution in [0.15, 0.2) is 47.8 Å². The molecule has 0 amide bonds. The van der Waals surface area contributed by atoms with Gasteiger partial charge >= 0.3 is 0 Å². The molecule has 8 heteroatoms. The van der Waals surface area contributed by atoms with E-state index in [4.69, 9.17) is 0 Å². The number of aliphatic hydroxyl groups excluding tert-OH is 1. The second-order valence-corrected chi connectivity index (χ2v) is 7.13. The number of H-pyrrole nitrogens is 1. The van der Waals surface area contributed by atoms with Gasteiger partial charge in [-0.15, -0.1) is 0 Å². The van der Waals surface area contributed by atoms with Crippen LogP contribution in [0.4, 0.5) is 0 Å². The fourth-order valence-corrected chi connectivity index (χ4v) is 3.74. The van der Waals surface area contributed by atoms with E-state index in [1.54, 1.807) is 7.05 Å². The Morgan fingerprint density at radius 3 is 2.87 bits per heavy atom. The number of aromatic nitrogens is 3. The van der Waals surface area contributed by atoms with Crippen LogP contribution in [0.5, 0.6) is 0 Å². The number of nitrogens with zero attached hydrogens (tertiary/aromatic N) is 2. The number of nitrogens with one attached hydrogen (secondary N) is 2. The van der Waals surface area contributed by atoms with Crippen molar-refractivity contribution in [3.8, 4) is 0 Å². The molecule has 0 unspecified atom stereocenters. The molecule has 1 atom stereocenters. The third kappa shape index (κ3) is 3.29. The molecule has 2 heterocycles. The number of para-hydroxylation sites is 1. The second-order valence-electron chi connectivity index (χ2n) is 5.41. The highest BCUT2D eigenvalue weighted by molar-refractivity contribution is 7.89. The summed E-state index contributed by atoms with van der Waals surface area (Å²) in [6.07, 6.45) is 4.93. The number of sulfonamides is 1. The number of benzene rings is 1. The topological polar surface area (TPSA) is 100 Å². The molecule has 23 heavy (non-hydrogen) atoms. The zero-order valence-electron chi connectivity index (χ0n) is 12.6. The van der Waals surface area contributed by atoms with Crippen molar-refractivity contribution in [2.24, 2.45) is 7.05 Å². The lowest BCUT2D eigenvalue weighted by molar-refractivity contribution is 0.256. The highest BCUT2D eigenvalue weighted by Gasteiger charge is 2.22. The SMILES string of the molecule is Cn1cc(S(=O)(=O)N[C@@H](CO)Cc2c[nH]c3ccccc23)cn1. The van der Waals surface area contributed by atoms with E-state index in [1.165, 1.54) is 17.1 Å². The minimum atomic E-state index is -3.71. The van der Waals surface area contributed by atoms with Crippen LogP contribution in [0.2, 0.25) is 0 Å². The van der Waals surface area contributed by atoms with Crippen LogP contribution in [0, 0.1) is 0 Å². The molecule has 0 aliphatic carbocycles. The predicted molar refractivity (Wildman–Crippen MR) is 86.4 cm³/mol. The molecule has 2 aromatic heterocycles. The van der Waals surface area contributed by atoms with Crippen LogP contribution < -0.4 is 4.72 Å². The number of aromatic amines is 1. The molecule has 122 valence electrons. The van der Waals surface area contributed by atoms with Gasteiger partial charge in [0.15, 0.2) is 0 Å². The Morgan fingerprint density at radius 1 is 1.39 bits per heavy atom. The highest BCUT2D eigenvalue weighted by atomic mass is 32.2. The molecule has 0 spiro atoms. The summed E-state index contributed by atoms with van der Waals surface area (Å²) < 4.78 is 28.6.